The smallest absolute Gasteiger partial charge is 0.141 e. The number of halogens is 2. The number of aromatic nitrogens is 2. The van der Waals surface area contributed by atoms with Gasteiger partial charge in [0.1, 0.15) is 23.2 Å². The molecule has 1 N–H and O–H groups in total. The standard InChI is InChI=1S/C14H13BrFN3O/c15-6-1-2-8-20-13-4-3-11(16)10(9-17)14(13)12-5-7-18-19-12/h3-5,7H,1-2,6,8H2,(H,18,19). The van der Waals surface area contributed by atoms with Crippen LogP contribution in [0.25, 0.3) is 11.3 Å². The first-order valence-electron chi connectivity index (χ1n) is 6.19. The minimum Gasteiger partial charge on any atom is -0.493 e. The number of nitrogens with one attached hydrogen (secondary N) is 1. The Kier molecular flexibility index (Phi) is 5.13. The number of unbranched alkanes of at least 4 members (excludes halogenated alkanes) is 1. The molecule has 1 heterocycles. The van der Waals surface area contributed by atoms with Crippen molar-refractivity contribution in [2.75, 3.05) is 11.9 Å². The molecule has 0 aliphatic carbocycles. The van der Waals surface area contributed by atoms with Gasteiger partial charge in [-0.1, -0.05) is 15.9 Å². The summed E-state index contributed by atoms with van der Waals surface area (Å²) in [5.41, 5.74) is 0.952. The van der Waals surface area contributed by atoms with E-state index in [0.717, 1.165) is 18.2 Å². The summed E-state index contributed by atoms with van der Waals surface area (Å²) in [5.74, 6) is -0.0771. The summed E-state index contributed by atoms with van der Waals surface area (Å²) in [7, 11) is 0. The Labute approximate surface area is 124 Å². The molecular formula is C14H13BrFN3O. The van der Waals surface area contributed by atoms with Gasteiger partial charge in [0.05, 0.1) is 17.9 Å². The molecule has 0 saturated heterocycles. The first-order chi connectivity index (χ1) is 9.77. The van der Waals surface area contributed by atoms with E-state index in [1.807, 2.05) is 6.07 Å². The summed E-state index contributed by atoms with van der Waals surface area (Å²) < 4.78 is 19.4. The highest BCUT2D eigenvalue weighted by atomic mass is 79.9. The number of nitriles is 1. The fourth-order valence-corrected chi connectivity index (χ4v) is 2.23. The van der Waals surface area contributed by atoms with E-state index in [1.165, 1.54) is 6.07 Å². The van der Waals surface area contributed by atoms with Crippen molar-refractivity contribution in [3.05, 3.63) is 35.8 Å². The summed E-state index contributed by atoms with van der Waals surface area (Å²) in [6, 6.07) is 6.36. The number of benzene rings is 1. The van der Waals surface area contributed by atoms with Gasteiger partial charge in [-0.05, 0) is 31.0 Å². The van der Waals surface area contributed by atoms with Gasteiger partial charge in [0.2, 0.25) is 0 Å². The average molecular weight is 338 g/mol. The number of ether oxygens (including phenoxy) is 1. The summed E-state index contributed by atoms with van der Waals surface area (Å²) in [4.78, 5) is 0. The third-order valence-corrected chi connectivity index (χ3v) is 3.34. The lowest BCUT2D eigenvalue weighted by Crippen LogP contribution is -2.02. The van der Waals surface area contributed by atoms with Crippen LogP contribution in [0.4, 0.5) is 4.39 Å². The van der Waals surface area contributed by atoms with Crippen LogP contribution in [0.15, 0.2) is 24.4 Å². The van der Waals surface area contributed by atoms with Gasteiger partial charge in [0, 0.05) is 11.5 Å². The Balaban J connectivity index is 2.34. The SMILES string of the molecule is N#Cc1c(F)ccc(OCCCCBr)c1-c1ccn[nH]1. The van der Waals surface area contributed by atoms with Crippen molar-refractivity contribution in [3.8, 4) is 23.1 Å². The molecule has 104 valence electrons. The molecule has 0 aliphatic rings. The molecule has 2 rings (SSSR count). The van der Waals surface area contributed by atoms with Crippen LogP contribution in [0.3, 0.4) is 0 Å². The summed E-state index contributed by atoms with van der Waals surface area (Å²) in [6.07, 6.45) is 3.43. The number of hydrogen-bond donors (Lipinski definition) is 1. The van der Waals surface area contributed by atoms with Crippen molar-refractivity contribution < 1.29 is 9.13 Å². The summed E-state index contributed by atoms with van der Waals surface area (Å²) >= 11 is 3.35. The van der Waals surface area contributed by atoms with E-state index in [9.17, 15) is 4.39 Å². The van der Waals surface area contributed by atoms with Gasteiger partial charge in [-0.15, -0.1) is 0 Å². The van der Waals surface area contributed by atoms with E-state index in [0.29, 0.717) is 23.6 Å². The van der Waals surface area contributed by atoms with Crippen LogP contribution in [0.1, 0.15) is 18.4 Å². The second-order valence-corrected chi connectivity index (χ2v) is 4.92. The molecule has 6 heteroatoms. The van der Waals surface area contributed by atoms with E-state index in [4.69, 9.17) is 10.00 Å². The van der Waals surface area contributed by atoms with Crippen LogP contribution in [0, 0.1) is 17.1 Å². The lowest BCUT2D eigenvalue weighted by atomic mass is 10.0. The number of hydrogen-bond acceptors (Lipinski definition) is 3. The number of H-pyrrole nitrogens is 1. The van der Waals surface area contributed by atoms with Crippen molar-refractivity contribution >= 4 is 15.9 Å². The Morgan fingerprint density at radius 1 is 1.35 bits per heavy atom. The van der Waals surface area contributed by atoms with E-state index >= 15 is 0 Å². The van der Waals surface area contributed by atoms with Crippen molar-refractivity contribution in [2.24, 2.45) is 0 Å². The van der Waals surface area contributed by atoms with E-state index in [-0.39, 0.29) is 5.56 Å². The minimum absolute atomic E-state index is 0.0350. The van der Waals surface area contributed by atoms with Crippen molar-refractivity contribution in [2.45, 2.75) is 12.8 Å². The van der Waals surface area contributed by atoms with E-state index in [1.54, 1.807) is 18.3 Å². The molecule has 0 amide bonds. The fourth-order valence-electron chi connectivity index (χ4n) is 1.83. The Morgan fingerprint density at radius 3 is 2.85 bits per heavy atom. The molecule has 0 fully saturated rings. The molecule has 0 bridgehead atoms. The number of nitrogens with zero attached hydrogens (tertiary/aromatic N) is 2. The number of aromatic amines is 1. The van der Waals surface area contributed by atoms with Crippen LogP contribution in [-0.2, 0) is 0 Å². The van der Waals surface area contributed by atoms with Gasteiger partial charge in [0.15, 0.2) is 0 Å². The second-order valence-electron chi connectivity index (χ2n) is 4.12. The molecule has 0 unspecified atom stereocenters. The molecule has 0 atom stereocenters. The predicted octanol–water partition coefficient (Wildman–Crippen LogP) is 3.64. The normalized spacial score (nSPS) is 10.2. The molecular weight excluding hydrogens is 325 g/mol. The zero-order valence-corrected chi connectivity index (χ0v) is 12.3. The zero-order chi connectivity index (χ0) is 14.4. The molecule has 0 radical (unpaired) electrons. The van der Waals surface area contributed by atoms with Crippen LogP contribution in [0.2, 0.25) is 0 Å². The fraction of sp³-hybridized carbons (Fsp3) is 0.286. The van der Waals surface area contributed by atoms with Crippen molar-refractivity contribution in [1.29, 1.82) is 5.26 Å². The highest BCUT2D eigenvalue weighted by Gasteiger charge is 2.17. The van der Waals surface area contributed by atoms with Crippen molar-refractivity contribution in [1.82, 2.24) is 10.2 Å². The van der Waals surface area contributed by atoms with E-state index in [2.05, 4.69) is 26.1 Å². The molecule has 1 aromatic carbocycles. The quantitative estimate of drug-likeness (QED) is 0.646. The van der Waals surface area contributed by atoms with Crippen LogP contribution < -0.4 is 4.74 Å². The highest BCUT2D eigenvalue weighted by Crippen LogP contribution is 2.33. The van der Waals surface area contributed by atoms with Gasteiger partial charge < -0.3 is 4.74 Å². The minimum atomic E-state index is -0.565. The largest absolute Gasteiger partial charge is 0.493 e. The topological polar surface area (TPSA) is 61.7 Å². The lowest BCUT2D eigenvalue weighted by molar-refractivity contribution is 0.310. The second kappa shape index (κ2) is 7.06. The Bertz CT molecular complexity index is 608. The molecule has 0 aliphatic heterocycles. The predicted molar refractivity (Wildman–Crippen MR) is 77.2 cm³/mol. The van der Waals surface area contributed by atoms with Crippen LogP contribution in [0.5, 0.6) is 5.75 Å². The Hall–Kier alpha value is -1.87. The lowest BCUT2D eigenvalue weighted by Gasteiger charge is -2.12. The van der Waals surface area contributed by atoms with Gasteiger partial charge in [-0.25, -0.2) is 4.39 Å². The van der Waals surface area contributed by atoms with Gasteiger partial charge >= 0.3 is 0 Å². The van der Waals surface area contributed by atoms with Crippen molar-refractivity contribution in [3.63, 3.8) is 0 Å². The maximum atomic E-state index is 13.7. The summed E-state index contributed by atoms with van der Waals surface area (Å²) in [6.45, 7) is 0.517. The zero-order valence-electron chi connectivity index (χ0n) is 10.7. The number of rotatable bonds is 6. The molecule has 4 nitrogen and oxygen atoms in total. The molecule has 0 spiro atoms. The number of alkyl halides is 1. The van der Waals surface area contributed by atoms with Gasteiger partial charge in [-0.3, -0.25) is 5.10 Å². The van der Waals surface area contributed by atoms with Crippen LogP contribution >= 0.6 is 15.9 Å². The van der Waals surface area contributed by atoms with Gasteiger partial charge in [0.25, 0.3) is 0 Å². The molecule has 20 heavy (non-hydrogen) atoms. The molecule has 2 aromatic rings. The first kappa shape index (κ1) is 14.5. The third-order valence-electron chi connectivity index (χ3n) is 2.78. The molecule has 1 aromatic heterocycles. The maximum absolute atomic E-state index is 13.7. The monoisotopic (exact) mass is 337 g/mol. The van der Waals surface area contributed by atoms with Crippen LogP contribution in [-0.4, -0.2) is 22.1 Å². The first-order valence-corrected chi connectivity index (χ1v) is 7.31. The van der Waals surface area contributed by atoms with Gasteiger partial charge in [-0.2, -0.15) is 10.4 Å². The average Bonchev–Trinajstić information content (AvgIpc) is 2.98. The third kappa shape index (κ3) is 3.17. The Morgan fingerprint density at radius 2 is 2.20 bits per heavy atom. The maximum Gasteiger partial charge on any atom is 0.141 e. The van der Waals surface area contributed by atoms with E-state index < -0.39 is 5.82 Å². The summed E-state index contributed by atoms with van der Waals surface area (Å²) in [5, 5.41) is 16.6. The highest BCUT2D eigenvalue weighted by molar-refractivity contribution is 9.09. The molecule has 0 saturated carbocycles.